The molecule has 0 aliphatic heterocycles. The van der Waals surface area contributed by atoms with Crippen molar-refractivity contribution in [2.75, 3.05) is 12.4 Å². The molecule has 5 nitrogen and oxygen atoms in total. The van der Waals surface area contributed by atoms with E-state index in [1.807, 2.05) is 24.3 Å². The number of aromatic carboxylic acids is 1. The van der Waals surface area contributed by atoms with Gasteiger partial charge in [-0.3, -0.25) is 4.79 Å². The van der Waals surface area contributed by atoms with Gasteiger partial charge < -0.3 is 15.2 Å². The van der Waals surface area contributed by atoms with Gasteiger partial charge in [-0.2, -0.15) is 0 Å². The highest BCUT2D eigenvalue weighted by Crippen LogP contribution is 2.22. The van der Waals surface area contributed by atoms with Crippen LogP contribution in [0.5, 0.6) is 5.75 Å². The predicted octanol–water partition coefficient (Wildman–Crippen LogP) is 3.03. The monoisotopic (exact) mass is 305 g/mol. The molecule has 110 valence electrons. The molecule has 21 heavy (non-hydrogen) atoms. The van der Waals surface area contributed by atoms with Gasteiger partial charge in [-0.1, -0.05) is 12.1 Å². The minimum absolute atomic E-state index is 0.143. The quantitative estimate of drug-likeness (QED) is 0.860. The van der Waals surface area contributed by atoms with Crippen molar-refractivity contribution >= 4 is 28.9 Å². The van der Waals surface area contributed by atoms with E-state index in [9.17, 15) is 9.59 Å². The number of aryl methyl sites for hydroxylation is 1. The van der Waals surface area contributed by atoms with E-state index in [1.54, 1.807) is 18.6 Å². The number of anilines is 1. The first kappa shape index (κ1) is 15.1. The summed E-state index contributed by atoms with van der Waals surface area (Å²) in [5, 5.41) is 13.2. The SMILES string of the molecule is COc1cccc(CCC(=O)Nc2ccsc2C(=O)O)c1. The van der Waals surface area contributed by atoms with Gasteiger partial charge in [0.2, 0.25) is 5.91 Å². The second-order valence-corrected chi connectivity index (χ2v) is 5.28. The zero-order chi connectivity index (χ0) is 15.2. The molecule has 2 N–H and O–H groups in total. The molecule has 1 amide bonds. The molecule has 1 aromatic heterocycles. The molecular weight excluding hydrogens is 290 g/mol. The molecule has 2 aromatic rings. The molecule has 1 aromatic carbocycles. The Balaban J connectivity index is 1.93. The number of ether oxygens (including phenoxy) is 1. The Hall–Kier alpha value is -2.34. The van der Waals surface area contributed by atoms with Crippen LogP contribution in [0.25, 0.3) is 0 Å². The molecule has 0 unspecified atom stereocenters. The first-order chi connectivity index (χ1) is 10.1. The molecule has 2 rings (SSSR count). The van der Waals surface area contributed by atoms with Crippen molar-refractivity contribution in [2.24, 2.45) is 0 Å². The summed E-state index contributed by atoms with van der Waals surface area (Å²) in [5.74, 6) is -0.495. The standard InChI is InChI=1S/C15H15NO4S/c1-20-11-4-2-3-10(9-11)5-6-13(17)16-12-7-8-21-14(12)15(18)19/h2-4,7-9H,5-6H2,1H3,(H,16,17)(H,18,19). The fourth-order valence-electron chi connectivity index (χ4n) is 1.87. The maximum atomic E-state index is 11.9. The van der Waals surface area contributed by atoms with E-state index in [0.717, 1.165) is 22.6 Å². The number of nitrogens with one attached hydrogen (secondary N) is 1. The van der Waals surface area contributed by atoms with E-state index in [4.69, 9.17) is 9.84 Å². The third-order valence-corrected chi connectivity index (χ3v) is 3.81. The van der Waals surface area contributed by atoms with Gasteiger partial charge in [0.1, 0.15) is 10.6 Å². The summed E-state index contributed by atoms with van der Waals surface area (Å²) >= 11 is 1.09. The van der Waals surface area contributed by atoms with Crippen molar-refractivity contribution < 1.29 is 19.4 Å². The van der Waals surface area contributed by atoms with Crippen molar-refractivity contribution in [3.63, 3.8) is 0 Å². The third kappa shape index (κ3) is 4.06. The van der Waals surface area contributed by atoms with Crippen LogP contribution in [-0.4, -0.2) is 24.1 Å². The molecule has 0 spiro atoms. The second kappa shape index (κ2) is 6.90. The van der Waals surface area contributed by atoms with Crippen LogP contribution in [0.15, 0.2) is 35.7 Å². The zero-order valence-corrected chi connectivity index (χ0v) is 12.3. The summed E-state index contributed by atoms with van der Waals surface area (Å²) in [6.07, 6.45) is 0.845. The van der Waals surface area contributed by atoms with Crippen LogP contribution < -0.4 is 10.1 Å². The lowest BCUT2D eigenvalue weighted by molar-refractivity contribution is -0.116. The van der Waals surface area contributed by atoms with Crippen LogP contribution in [0, 0.1) is 0 Å². The number of hydrogen-bond acceptors (Lipinski definition) is 4. The van der Waals surface area contributed by atoms with Gasteiger partial charge >= 0.3 is 5.97 Å². The third-order valence-electron chi connectivity index (χ3n) is 2.91. The van der Waals surface area contributed by atoms with Gasteiger partial charge in [0.15, 0.2) is 0 Å². The van der Waals surface area contributed by atoms with Gasteiger partial charge in [-0.25, -0.2) is 4.79 Å². The summed E-state index contributed by atoms with van der Waals surface area (Å²) in [6.45, 7) is 0. The highest BCUT2D eigenvalue weighted by molar-refractivity contribution is 7.12. The average Bonchev–Trinajstić information content (AvgIpc) is 2.93. The highest BCUT2D eigenvalue weighted by Gasteiger charge is 2.13. The first-order valence-corrected chi connectivity index (χ1v) is 7.21. The number of hydrogen-bond donors (Lipinski definition) is 2. The molecule has 0 atom stereocenters. The number of methoxy groups -OCH3 is 1. The van der Waals surface area contributed by atoms with E-state index in [1.165, 1.54) is 0 Å². The van der Waals surface area contributed by atoms with E-state index in [0.29, 0.717) is 12.1 Å². The van der Waals surface area contributed by atoms with E-state index in [-0.39, 0.29) is 17.2 Å². The van der Waals surface area contributed by atoms with Crippen molar-refractivity contribution in [3.8, 4) is 5.75 Å². The smallest absolute Gasteiger partial charge is 0.348 e. The Labute approximate surface area is 126 Å². The van der Waals surface area contributed by atoms with Crippen LogP contribution in [0.4, 0.5) is 5.69 Å². The van der Waals surface area contributed by atoms with Crippen molar-refractivity contribution in [1.29, 1.82) is 0 Å². The number of rotatable bonds is 6. The Bertz CT molecular complexity index is 651. The Kier molecular flexibility index (Phi) is 4.94. The summed E-state index contributed by atoms with van der Waals surface area (Å²) < 4.78 is 5.12. The van der Waals surface area contributed by atoms with Gasteiger partial charge in [-0.15, -0.1) is 11.3 Å². The van der Waals surface area contributed by atoms with Gasteiger partial charge in [0.05, 0.1) is 12.8 Å². The Morgan fingerprint density at radius 2 is 2.14 bits per heavy atom. The summed E-state index contributed by atoms with van der Waals surface area (Å²) in [4.78, 5) is 23.0. The maximum Gasteiger partial charge on any atom is 0.348 e. The number of amides is 1. The Morgan fingerprint density at radius 3 is 2.86 bits per heavy atom. The average molecular weight is 305 g/mol. The van der Waals surface area contributed by atoms with Crippen LogP contribution in [0.3, 0.4) is 0 Å². The number of carboxylic acid groups (broad SMARTS) is 1. The number of carbonyl (C=O) groups excluding carboxylic acids is 1. The predicted molar refractivity (Wildman–Crippen MR) is 81.2 cm³/mol. The summed E-state index contributed by atoms with van der Waals surface area (Å²) in [7, 11) is 1.59. The van der Waals surface area contributed by atoms with Gasteiger partial charge in [0, 0.05) is 6.42 Å². The molecule has 0 aliphatic rings. The molecule has 0 radical (unpaired) electrons. The summed E-state index contributed by atoms with van der Waals surface area (Å²) in [6, 6.07) is 9.10. The largest absolute Gasteiger partial charge is 0.497 e. The molecule has 0 fully saturated rings. The fourth-order valence-corrected chi connectivity index (χ4v) is 2.56. The maximum absolute atomic E-state index is 11.9. The molecule has 0 bridgehead atoms. The Morgan fingerprint density at radius 1 is 1.33 bits per heavy atom. The van der Waals surface area contributed by atoms with Crippen molar-refractivity contribution in [1.82, 2.24) is 0 Å². The lowest BCUT2D eigenvalue weighted by atomic mass is 10.1. The van der Waals surface area contributed by atoms with Gasteiger partial charge in [0.25, 0.3) is 0 Å². The normalized spacial score (nSPS) is 10.1. The van der Waals surface area contributed by atoms with Gasteiger partial charge in [-0.05, 0) is 35.6 Å². The molecule has 1 heterocycles. The zero-order valence-electron chi connectivity index (χ0n) is 11.5. The number of carboxylic acids is 1. The molecular formula is C15H15NO4S. The number of benzene rings is 1. The van der Waals surface area contributed by atoms with Crippen LogP contribution in [0.2, 0.25) is 0 Å². The number of thiophene rings is 1. The second-order valence-electron chi connectivity index (χ2n) is 4.37. The topological polar surface area (TPSA) is 75.6 Å². The molecule has 0 saturated carbocycles. The molecule has 0 aliphatic carbocycles. The lowest BCUT2D eigenvalue weighted by Gasteiger charge is -2.06. The number of carbonyl (C=O) groups is 2. The first-order valence-electron chi connectivity index (χ1n) is 6.33. The van der Waals surface area contributed by atoms with E-state index < -0.39 is 5.97 Å². The molecule has 0 saturated heterocycles. The summed E-state index contributed by atoms with van der Waals surface area (Å²) in [5.41, 5.74) is 1.34. The lowest BCUT2D eigenvalue weighted by Crippen LogP contribution is -2.13. The van der Waals surface area contributed by atoms with Crippen molar-refractivity contribution in [2.45, 2.75) is 12.8 Å². The van der Waals surface area contributed by atoms with E-state index >= 15 is 0 Å². The fraction of sp³-hybridized carbons (Fsp3) is 0.200. The van der Waals surface area contributed by atoms with Crippen molar-refractivity contribution in [3.05, 3.63) is 46.2 Å². The van der Waals surface area contributed by atoms with Crippen LogP contribution in [-0.2, 0) is 11.2 Å². The highest BCUT2D eigenvalue weighted by atomic mass is 32.1. The van der Waals surface area contributed by atoms with Crippen LogP contribution >= 0.6 is 11.3 Å². The minimum atomic E-state index is -1.03. The minimum Gasteiger partial charge on any atom is -0.497 e. The molecule has 6 heteroatoms. The van der Waals surface area contributed by atoms with E-state index in [2.05, 4.69) is 5.32 Å². The van der Waals surface area contributed by atoms with Crippen LogP contribution in [0.1, 0.15) is 21.7 Å².